The molecule has 0 aromatic heterocycles. The fourth-order valence-electron chi connectivity index (χ4n) is 3.76. The molecule has 1 aromatic carbocycles. The lowest BCUT2D eigenvalue weighted by Crippen LogP contribution is -2.56. The van der Waals surface area contributed by atoms with Crippen LogP contribution in [-0.4, -0.2) is 68.8 Å². The number of piperazine rings is 1. The van der Waals surface area contributed by atoms with Crippen molar-refractivity contribution >= 4 is 22.0 Å². The average molecular weight is 425 g/mol. The predicted octanol–water partition coefficient (Wildman–Crippen LogP) is 1.38. The Labute approximate surface area is 173 Å². The lowest BCUT2D eigenvalue weighted by atomic mass is 9.95. The molecule has 2 N–H and O–H groups in total. The van der Waals surface area contributed by atoms with Gasteiger partial charge in [0.25, 0.3) is 0 Å². The van der Waals surface area contributed by atoms with Crippen molar-refractivity contribution < 1.29 is 18.0 Å². The Balaban J connectivity index is 2.19. The molecule has 1 aromatic rings. The second-order valence-electron chi connectivity index (χ2n) is 7.64. The van der Waals surface area contributed by atoms with Gasteiger partial charge in [-0.1, -0.05) is 0 Å². The number of imide groups is 1. The zero-order valence-corrected chi connectivity index (χ0v) is 19.2. The summed E-state index contributed by atoms with van der Waals surface area (Å²) < 4.78 is 28.3. The molecule has 2 rings (SSSR count). The van der Waals surface area contributed by atoms with Gasteiger partial charge in [-0.2, -0.15) is 4.31 Å². The first kappa shape index (κ1) is 23.3. The molecule has 8 nitrogen and oxygen atoms in total. The summed E-state index contributed by atoms with van der Waals surface area (Å²) in [5, 5.41) is 4.61. The van der Waals surface area contributed by atoms with E-state index in [-0.39, 0.29) is 0 Å². The molecule has 0 radical (unpaired) electrons. The number of hydrogen-bond donors (Lipinski definition) is 2. The van der Waals surface area contributed by atoms with Crippen LogP contribution in [0.2, 0.25) is 0 Å². The van der Waals surface area contributed by atoms with Crippen LogP contribution >= 0.6 is 0 Å². The summed E-state index contributed by atoms with van der Waals surface area (Å²) in [6, 6.07) is -1.08. The average Bonchev–Trinajstić information content (AvgIpc) is 2.70. The van der Waals surface area contributed by atoms with Gasteiger partial charge in [0.05, 0.1) is 10.9 Å². The fraction of sp³-hybridized carbons (Fsp3) is 0.600. The minimum Gasteiger partial charge on any atom is -0.341 e. The lowest BCUT2D eigenvalue weighted by Gasteiger charge is -2.37. The fourth-order valence-corrected chi connectivity index (χ4v) is 5.74. The molecule has 1 saturated heterocycles. The molecular formula is C20H32N4O4S. The Bertz CT molecular complexity index is 890. The van der Waals surface area contributed by atoms with E-state index in [1.54, 1.807) is 6.92 Å². The molecule has 9 heteroatoms. The Kier molecular flexibility index (Phi) is 7.08. The van der Waals surface area contributed by atoms with E-state index in [0.717, 1.165) is 27.8 Å². The molecule has 1 atom stereocenters. The number of urea groups is 1. The minimum absolute atomic E-state index is 0.296. The van der Waals surface area contributed by atoms with Crippen molar-refractivity contribution in [2.45, 2.75) is 52.5 Å². The molecule has 0 saturated carbocycles. The molecule has 1 unspecified atom stereocenters. The van der Waals surface area contributed by atoms with Crippen LogP contribution in [0.4, 0.5) is 4.79 Å². The predicted molar refractivity (Wildman–Crippen MR) is 113 cm³/mol. The van der Waals surface area contributed by atoms with Gasteiger partial charge in [0.1, 0.15) is 0 Å². The van der Waals surface area contributed by atoms with Crippen LogP contribution in [0.5, 0.6) is 0 Å². The van der Waals surface area contributed by atoms with Gasteiger partial charge in [0.2, 0.25) is 15.9 Å². The molecule has 1 aliphatic rings. The summed E-state index contributed by atoms with van der Waals surface area (Å²) >= 11 is 0. The summed E-state index contributed by atoms with van der Waals surface area (Å²) in [7, 11) is -2.20. The van der Waals surface area contributed by atoms with Gasteiger partial charge in [0, 0.05) is 33.2 Å². The largest absolute Gasteiger partial charge is 0.341 e. The quantitative estimate of drug-likeness (QED) is 0.761. The maximum Gasteiger partial charge on any atom is 0.321 e. The molecule has 1 aliphatic heterocycles. The number of benzene rings is 1. The van der Waals surface area contributed by atoms with Crippen LogP contribution < -0.4 is 10.6 Å². The maximum absolute atomic E-state index is 13.4. The van der Waals surface area contributed by atoms with Crippen molar-refractivity contribution in [1.29, 1.82) is 0 Å². The van der Waals surface area contributed by atoms with Gasteiger partial charge in [-0.25, -0.2) is 13.2 Å². The lowest BCUT2D eigenvalue weighted by molar-refractivity contribution is -0.125. The Morgan fingerprint density at radius 3 is 1.76 bits per heavy atom. The van der Waals surface area contributed by atoms with E-state index < -0.39 is 28.0 Å². The van der Waals surface area contributed by atoms with Gasteiger partial charge < -0.3 is 5.32 Å². The standard InChI is InChI=1S/C20H32N4O4S/c1-12-13(2)15(4)18(16(5)14(12)3)29(27,28)24-10-8-23(9-11-24)17(6)19(25)22-20(26)21-7/h17H,8-11H2,1-7H3,(H2,21,22,25,26). The van der Waals surface area contributed by atoms with E-state index in [4.69, 9.17) is 0 Å². The highest BCUT2D eigenvalue weighted by atomic mass is 32.2. The van der Waals surface area contributed by atoms with Crippen molar-refractivity contribution in [3.05, 3.63) is 27.8 Å². The number of sulfonamides is 1. The van der Waals surface area contributed by atoms with E-state index in [9.17, 15) is 18.0 Å². The monoisotopic (exact) mass is 424 g/mol. The van der Waals surface area contributed by atoms with Gasteiger partial charge >= 0.3 is 6.03 Å². The number of nitrogens with zero attached hydrogens (tertiary/aromatic N) is 2. The van der Waals surface area contributed by atoms with Crippen molar-refractivity contribution in [3.63, 3.8) is 0 Å². The number of amides is 3. The van der Waals surface area contributed by atoms with Crippen molar-refractivity contribution in [1.82, 2.24) is 19.8 Å². The molecule has 3 amide bonds. The zero-order valence-electron chi connectivity index (χ0n) is 18.3. The summed E-state index contributed by atoms with van der Waals surface area (Å²) in [6.45, 7) is 12.8. The first-order valence-electron chi connectivity index (χ1n) is 9.77. The number of nitrogens with one attached hydrogen (secondary N) is 2. The van der Waals surface area contributed by atoms with Crippen LogP contribution in [-0.2, 0) is 14.8 Å². The van der Waals surface area contributed by atoms with Crippen molar-refractivity contribution in [2.24, 2.45) is 0 Å². The molecule has 162 valence electrons. The van der Waals surface area contributed by atoms with Crippen LogP contribution in [0.15, 0.2) is 4.90 Å². The third-order valence-electron chi connectivity index (χ3n) is 6.19. The molecule has 0 bridgehead atoms. The Morgan fingerprint density at radius 2 is 1.31 bits per heavy atom. The second-order valence-corrected chi connectivity index (χ2v) is 9.51. The van der Waals surface area contributed by atoms with E-state index in [1.807, 2.05) is 39.5 Å². The Morgan fingerprint density at radius 1 is 0.862 bits per heavy atom. The highest BCUT2D eigenvalue weighted by Crippen LogP contribution is 2.32. The highest BCUT2D eigenvalue weighted by molar-refractivity contribution is 7.89. The topological polar surface area (TPSA) is 98.8 Å². The molecular weight excluding hydrogens is 392 g/mol. The molecule has 1 fully saturated rings. The number of carbonyl (C=O) groups excluding carboxylic acids is 2. The smallest absolute Gasteiger partial charge is 0.321 e. The van der Waals surface area contributed by atoms with E-state index >= 15 is 0 Å². The number of hydrogen-bond acceptors (Lipinski definition) is 5. The zero-order chi connectivity index (χ0) is 22.1. The molecule has 0 spiro atoms. The van der Waals surface area contributed by atoms with Crippen LogP contribution in [0.3, 0.4) is 0 Å². The van der Waals surface area contributed by atoms with E-state index in [0.29, 0.717) is 31.1 Å². The van der Waals surface area contributed by atoms with Crippen LogP contribution in [0.25, 0.3) is 0 Å². The first-order chi connectivity index (χ1) is 13.4. The van der Waals surface area contributed by atoms with Crippen molar-refractivity contribution in [2.75, 3.05) is 33.2 Å². The van der Waals surface area contributed by atoms with Gasteiger partial charge in [-0.05, 0) is 69.4 Å². The third kappa shape index (κ3) is 4.46. The van der Waals surface area contributed by atoms with E-state index in [2.05, 4.69) is 10.6 Å². The number of rotatable bonds is 4. The maximum atomic E-state index is 13.4. The minimum atomic E-state index is -3.64. The van der Waals surface area contributed by atoms with Crippen LogP contribution in [0, 0.1) is 34.6 Å². The molecule has 1 heterocycles. The highest BCUT2D eigenvalue weighted by Gasteiger charge is 2.34. The van der Waals surface area contributed by atoms with Gasteiger partial charge in [0.15, 0.2) is 0 Å². The Hall–Kier alpha value is -1.97. The summed E-state index contributed by atoms with van der Waals surface area (Å²) in [5.74, 6) is -0.405. The summed E-state index contributed by atoms with van der Waals surface area (Å²) in [5.41, 5.74) is 4.73. The molecule has 0 aliphatic carbocycles. The van der Waals surface area contributed by atoms with Crippen LogP contribution in [0.1, 0.15) is 34.7 Å². The second kappa shape index (κ2) is 8.81. The van der Waals surface area contributed by atoms with Gasteiger partial charge in [-0.3, -0.25) is 15.0 Å². The SMILES string of the molecule is CNC(=O)NC(=O)C(C)N1CCN(S(=O)(=O)c2c(C)c(C)c(C)c(C)c2C)CC1. The summed E-state index contributed by atoms with van der Waals surface area (Å²) in [4.78, 5) is 25.8. The van der Waals surface area contributed by atoms with Gasteiger partial charge in [-0.15, -0.1) is 0 Å². The van der Waals surface area contributed by atoms with Crippen molar-refractivity contribution in [3.8, 4) is 0 Å². The first-order valence-corrected chi connectivity index (χ1v) is 11.2. The van der Waals surface area contributed by atoms with E-state index in [1.165, 1.54) is 11.4 Å². The third-order valence-corrected chi connectivity index (χ3v) is 8.37. The number of carbonyl (C=O) groups is 2. The molecule has 29 heavy (non-hydrogen) atoms. The summed E-state index contributed by atoms with van der Waals surface area (Å²) in [6.07, 6.45) is 0. The normalized spacial score (nSPS) is 17.1.